The van der Waals surface area contributed by atoms with E-state index >= 15 is 0 Å². The van der Waals surface area contributed by atoms with Gasteiger partial charge in [-0.05, 0) is 11.1 Å². The van der Waals surface area contributed by atoms with Crippen LogP contribution in [0.4, 0.5) is 0 Å². The lowest BCUT2D eigenvalue weighted by molar-refractivity contribution is 0.783. The average molecular weight is 200 g/mol. The predicted molar refractivity (Wildman–Crippen MR) is 55.1 cm³/mol. The molecule has 0 unspecified atom stereocenters. The van der Waals surface area contributed by atoms with Crippen LogP contribution in [-0.4, -0.2) is 21.1 Å². The molecule has 0 saturated heterocycles. The van der Waals surface area contributed by atoms with E-state index in [1.54, 1.807) is 6.21 Å². The highest BCUT2D eigenvalue weighted by molar-refractivity contribution is 5.82. The van der Waals surface area contributed by atoms with Gasteiger partial charge in [0.1, 0.15) is 0 Å². The monoisotopic (exact) mass is 200 g/mol. The first-order chi connectivity index (χ1) is 7.34. The molecular formula is C10H8N4O. The molecule has 1 aliphatic heterocycles. The zero-order valence-electron chi connectivity index (χ0n) is 7.84. The largest absolute Gasteiger partial charge is 0.364 e. The molecule has 0 spiro atoms. The Kier molecular flexibility index (Phi) is 1.58. The summed E-state index contributed by atoms with van der Waals surface area (Å²) < 4.78 is 1.29. The number of aromatic nitrogens is 3. The van der Waals surface area contributed by atoms with Crippen LogP contribution in [0.5, 0.6) is 0 Å². The van der Waals surface area contributed by atoms with Crippen molar-refractivity contribution in [1.82, 2.24) is 14.9 Å². The fourth-order valence-electron chi connectivity index (χ4n) is 1.67. The lowest BCUT2D eigenvalue weighted by atomic mass is 10.1. The van der Waals surface area contributed by atoms with E-state index in [4.69, 9.17) is 0 Å². The summed E-state index contributed by atoms with van der Waals surface area (Å²) in [6, 6.07) is 7.89. The number of hydrogen-bond donors (Lipinski definition) is 1. The molecule has 15 heavy (non-hydrogen) atoms. The lowest BCUT2D eigenvalue weighted by Crippen LogP contribution is -2.13. The van der Waals surface area contributed by atoms with Crippen molar-refractivity contribution in [3.05, 3.63) is 51.7 Å². The van der Waals surface area contributed by atoms with Crippen LogP contribution in [0, 0.1) is 0 Å². The van der Waals surface area contributed by atoms with Crippen molar-refractivity contribution in [2.45, 2.75) is 6.42 Å². The highest BCUT2D eigenvalue weighted by atomic mass is 16.2. The van der Waals surface area contributed by atoms with Gasteiger partial charge in [-0.15, -0.1) is 0 Å². The average Bonchev–Trinajstić information content (AvgIpc) is 2.51. The normalized spacial score (nSPS) is 13.1. The first kappa shape index (κ1) is 8.16. The SMILES string of the molecule is O=c1[nH]nc2n1N=Cc1ccccc1C2. The van der Waals surface area contributed by atoms with Gasteiger partial charge in [-0.25, -0.2) is 9.89 Å². The maximum Gasteiger partial charge on any atom is 0.364 e. The summed E-state index contributed by atoms with van der Waals surface area (Å²) in [5.74, 6) is 0.640. The molecule has 2 aromatic rings. The van der Waals surface area contributed by atoms with Crippen molar-refractivity contribution in [3.8, 4) is 0 Å². The fourth-order valence-corrected chi connectivity index (χ4v) is 1.67. The molecule has 5 heteroatoms. The molecule has 0 atom stereocenters. The summed E-state index contributed by atoms with van der Waals surface area (Å²) in [6.45, 7) is 0. The van der Waals surface area contributed by atoms with Crippen LogP contribution in [0.3, 0.4) is 0 Å². The third-order valence-corrected chi connectivity index (χ3v) is 2.43. The molecule has 1 aliphatic rings. The molecule has 1 N–H and O–H groups in total. The molecular weight excluding hydrogens is 192 g/mol. The van der Waals surface area contributed by atoms with Crippen molar-refractivity contribution in [2.75, 3.05) is 0 Å². The van der Waals surface area contributed by atoms with Crippen molar-refractivity contribution in [3.63, 3.8) is 0 Å². The van der Waals surface area contributed by atoms with Crippen LogP contribution in [0.2, 0.25) is 0 Å². The molecule has 0 fully saturated rings. The fraction of sp³-hybridized carbons (Fsp3) is 0.100. The molecule has 1 aromatic heterocycles. The number of hydrogen-bond acceptors (Lipinski definition) is 3. The minimum Gasteiger partial charge on any atom is -0.244 e. The predicted octanol–water partition coefficient (Wildman–Crippen LogP) is 0.358. The van der Waals surface area contributed by atoms with Crippen LogP contribution in [0.1, 0.15) is 17.0 Å². The molecule has 0 bridgehead atoms. The smallest absolute Gasteiger partial charge is 0.244 e. The standard InChI is InChI=1S/C10H8N4O/c15-10-13-12-9-5-7-3-1-2-4-8(7)6-11-14(9)10/h1-4,6H,5H2,(H,13,15). The van der Waals surface area contributed by atoms with Crippen LogP contribution in [-0.2, 0) is 6.42 Å². The quantitative estimate of drug-likeness (QED) is 0.569. The van der Waals surface area contributed by atoms with E-state index in [1.165, 1.54) is 4.68 Å². The number of benzene rings is 1. The van der Waals surface area contributed by atoms with Crippen molar-refractivity contribution < 1.29 is 0 Å². The minimum atomic E-state index is -0.297. The maximum atomic E-state index is 11.3. The number of rotatable bonds is 0. The van der Waals surface area contributed by atoms with Crippen LogP contribution >= 0.6 is 0 Å². The van der Waals surface area contributed by atoms with Gasteiger partial charge in [-0.3, -0.25) is 0 Å². The molecule has 2 heterocycles. The Bertz CT molecular complexity index is 593. The second-order valence-corrected chi connectivity index (χ2v) is 3.38. The van der Waals surface area contributed by atoms with E-state index in [0.29, 0.717) is 12.2 Å². The van der Waals surface area contributed by atoms with E-state index in [9.17, 15) is 4.79 Å². The molecule has 0 radical (unpaired) electrons. The number of H-pyrrole nitrogens is 1. The van der Waals surface area contributed by atoms with Crippen LogP contribution in [0.15, 0.2) is 34.2 Å². The second-order valence-electron chi connectivity index (χ2n) is 3.38. The van der Waals surface area contributed by atoms with Crippen molar-refractivity contribution in [1.29, 1.82) is 0 Å². The lowest BCUT2D eigenvalue weighted by Gasteiger charge is -1.99. The first-order valence-electron chi connectivity index (χ1n) is 4.63. The Hall–Kier alpha value is -2.17. The van der Waals surface area contributed by atoms with Gasteiger partial charge < -0.3 is 0 Å². The Morgan fingerprint density at radius 1 is 1.33 bits per heavy atom. The van der Waals surface area contributed by atoms with E-state index in [0.717, 1.165) is 11.1 Å². The highest BCUT2D eigenvalue weighted by Gasteiger charge is 2.12. The van der Waals surface area contributed by atoms with Gasteiger partial charge in [0.25, 0.3) is 0 Å². The van der Waals surface area contributed by atoms with Gasteiger partial charge in [0.2, 0.25) is 0 Å². The van der Waals surface area contributed by atoms with Gasteiger partial charge in [0.05, 0.1) is 6.21 Å². The Morgan fingerprint density at radius 2 is 2.20 bits per heavy atom. The molecule has 0 aliphatic carbocycles. The Balaban J connectivity index is 2.24. The summed E-state index contributed by atoms with van der Waals surface area (Å²) in [7, 11) is 0. The summed E-state index contributed by atoms with van der Waals surface area (Å²) in [4.78, 5) is 11.3. The number of nitrogens with one attached hydrogen (secondary N) is 1. The van der Waals surface area contributed by atoms with Gasteiger partial charge in [-0.2, -0.15) is 14.9 Å². The molecule has 0 saturated carbocycles. The zero-order valence-corrected chi connectivity index (χ0v) is 7.84. The van der Waals surface area contributed by atoms with Crippen LogP contribution in [0.25, 0.3) is 0 Å². The molecule has 0 amide bonds. The topological polar surface area (TPSA) is 63.0 Å². The van der Waals surface area contributed by atoms with Crippen LogP contribution < -0.4 is 5.69 Å². The second kappa shape index (κ2) is 2.91. The number of fused-ring (bicyclic) bond motifs is 2. The Morgan fingerprint density at radius 3 is 3.13 bits per heavy atom. The zero-order chi connectivity index (χ0) is 10.3. The first-order valence-corrected chi connectivity index (χ1v) is 4.63. The molecule has 5 nitrogen and oxygen atoms in total. The van der Waals surface area contributed by atoms with Gasteiger partial charge >= 0.3 is 5.69 Å². The maximum absolute atomic E-state index is 11.3. The van der Waals surface area contributed by atoms with Gasteiger partial charge in [0, 0.05) is 6.42 Å². The summed E-state index contributed by atoms with van der Waals surface area (Å²) >= 11 is 0. The summed E-state index contributed by atoms with van der Waals surface area (Å²) in [6.07, 6.45) is 2.30. The van der Waals surface area contributed by atoms with Gasteiger partial charge in [-0.1, -0.05) is 24.3 Å². The van der Waals surface area contributed by atoms with E-state index in [1.807, 2.05) is 24.3 Å². The summed E-state index contributed by atoms with van der Waals surface area (Å²) in [5, 5.41) is 10.4. The van der Waals surface area contributed by atoms with E-state index in [-0.39, 0.29) is 5.69 Å². The van der Waals surface area contributed by atoms with Gasteiger partial charge in [0.15, 0.2) is 5.82 Å². The third-order valence-electron chi connectivity index (χ3n) is 2.43. The molecule has 1 aromatic carbocycles. The number of nitrogens with zero attached hydrogens (tertiary/aromatic N) is 3. The molecule has 3 rings (SSSR count). The Labute approximate surface area is 85.1 Å². The molecule has 74 valence electrons. The van der Waals surface area contributed by atoms with E-state index < -0.39 is 0 Å². The third kappa shape index (κ3) is 1.20. The van der Waals surface area contributed by atoms with E-state index in [2.05, 4.69) is 15.3 Å². The summed E-state index contributed by atoms with van der Waals surface area (Å²) in [5.41, 5.74) is 1.86. The van der Waals surface area contributed by atoms with Crippen molar-refractivity contribution >= 4 is 6.21 Å². The number of aromatic amines is 1. The minimum absolute atomic E-state index is 0.297. The van der Waals surface area contributed by atoms with Crippen molar-refractivity contribution in [2.24, 2.45) is 5.10 Å². The highest BCUT2D eigenvalue weighted by Crippen LogP contribution is 2.13.